The van der Waals surface area contributed by atoms with E-state index in [0.717, 1.165) is 9.75 Å². The number of ketones is 1. The molecule has 1 aromatic heterocycles. The minimum Gasteiger partial charge on any atom is -0.475 e. The van der Waals surface area contributed by atoms with Crippen molar-refractivity contribution in [3.8, 4) is 0 Å². The van der Waals surface area contributed by atoms with E-state index in [1.54, 1.807) is 0 Å². The first-order valence-electron chi connectivity index (χ1n) is 4.66. The summed E-state index contributed by atoms with van der Waals surface area (Å²) in [5, 5.41) is 8.47. The van der Waals surface area contributed by atoms with E-state index in [1.165, 1.54) is 11.3 Å². The SMILES string of the molecule is CC(C)(C)c1ccc(CC(=O)C(=O)O)s1. The van der Waals surface area contributed by atoms with Crippen LogP contribution in [0, 0.1) is 0 Å². The molecule has 0 fully saturated rings. The van der Waals surface area contributed by atoms with Gasteiger partial charge in [-0.2, -0.15) is 0 Å². The van der Waals surface area contributed by atoms with Crippen molar-refractivity contribution in [1.29, 1.82) is 0 Å². The highest BCUT2D eigenvalue weighted by Crippen LogP contribution is 2.29. The van der Waals surface area contributed by atoms with Gasteiger partial charge in [0.1, 0.15) is 0 Å². The molecular weight excluding hydrogens is 212 g/mol. The van der Waals surface area contributed by atoms with E-state index in [1.807, 2.05) is 12.1 Å². The monoisotopic (exact) mass is 226 g/mol. The van der Waals surface area contributed by atoms with E-state index in [9.17, 15) is 9.59 Å². The van der Waals surface area contributed by atoms with Crippen LogP contribution in [-0.2, 0) is 21.4 Å². The van der Waals surface area contributed by atoms with Gasteiger partial charge in [0.15, 0.2) is 0 Å². The van der Waals surface area contributed by atoms with Crippen LogP contribution < -0.4 is 0 Å². The van der Waals surface area contributed by atoms with Crippen LogP contribution in [0.25, 0.3) is 0 Å². The Bertz CT molecular complexity index is 385. The Kier molecular flexibility index (Phi) is 3.29. The summed E-state index contributed by atoms with van der Waals surface area (Å²) in [5.74, 6) is -2.11. The van der Waals surface area contributed by atoms with E-state index >= 15 is 0 Å². The van der Waals surface area contributed by atoms with Crippen LogP contribution in [0.3, 0.4) is 0 Å². The van der Waals surface area contributed by atoms with Gasteiger partial charge in [-0.15, -0.1) is 11.3 Å². The second-order valence-electron chi connectivity index (χ2n) is 4.42. The summed E-state index contributed by atoms with van der Waals surface area (Å²) in [7, 11) is 0. The van der Waals surface area contributed by atoms with E-state index in [0.29, 0.717) is 0 Å². The third kappa shape index (κ3) is 3.16. The Balaban J connectivity index is 2.78. The van der Waals surface area contributed by atoms with Gasteiger partial charge in [-0.1, -0.05) is 20.8 Å². The summed E-state index contributed by atoms with van der Waals surface area (Å²) >= 11 is 1.50. The smallest absolute Gasteiger partial charge is 0.372 e. The third-order valence-electron chi connectivity index (χ3n) is 1.97. The Morgan fingerprint density at radius 3 is 2.33 bits per heavy atom. The van der Waals surface area contributed by atoms with Gasteiger partial charge in [0, 0.05) is 9.75 Å². The van der Waals surface area contributed by atoms with Crippen molar-refractivity contribution in [2.24, 2.45) is 0 Å². The Morgan fingerprint density at radius 1 is 1.33 bits per heavy atom. The summed E-state index contributed by atoms with van der Waals surface area (Å²) < 4.78 is 0. The number of rotatable bonds is 3. The molecule has 1 N–H and O–H groups in total. The zero-order valence-corrected chi connectivity index (χ0v) is 9.85. The number of Topliss-reactive ketones (excluding diaryl/α,β-unsaturated/α-hetero) is 1. The lowest BCUT2D eigenvalue weighted by atomic mass is 9.95. The number of hydrogen-bond donors (Lipinski definition) is 1. The first-order chi connectivity index (χ1) is 6.80. The molecule has 1 heterocycles. The lowest BCUT2D eigenvalue weighted by molar-refractivity contribution is -0.148. The maximum absolute atomic E-state index is 11.0. The minimum absolute atomic E-state index is 0.00389. The number of carboxylic acid groups (broad SMARTS) is 1. The van der Waals surface area contributed by atoms with Crippen LogP contribution in [-0.4, -0.2) is 16.9 Å². The highest BCUT2D eigenvalue weighted by molar-refractivity contribution is 7.12. The quantitative estimate of drug-likeness (QED) is 0.804. The lowest BCUT2D eigenvalue weighted by Gasteiger charge is -2.15. The van der Waals surface area contributed by atoms with Crippen molar-refractivity contribution in [2.75, 3.05) is 0 Å². The van der Waals surface area contributed by atoms with Crippen molar-refractivity contribution in [3.05, 3.63) is 21.9 Å². The van der Waals surface area contributed by atoms with E-state index in [2.05, 4.69) is 20.8 Å². The van der Waals surface area contributed by atoms with Crippen molar-refractivity contribution >= 4 is 23.1 Å². The number of carboxylic acids is 1. The van der Waals surface area contributed by atoms with Gasteiger partial charge < -0.3 is 5.11 Å². The predicted octanol–water partition coefficient (Wildman–Crippen LogP) is 2.24. The number of thiophene rings is 1. The normalized spacial score (nSPS) is 11.4. The summed E-state index contributed by atoms with van der Waals surface area (Å²) in [4.78, 5) is 23.3. The van der Waals surface area contributed by atoms with Crippen LogP contribution >= 0.6 is 11.3 Å². The maximum atomic E-state index is 11.0. The zero-order chi connectivity index (χ0) is 11.6. The fourth-order valence-corrected chi connectivity index (χ4v) is 2.17. The number of carbonyl (C=O) groups excluding carboxylic acids is 1. The van der Waals surface area contributed by atoms with Gasteiger partial charge in [0.05, 0.1) is 6.42 Å². The molecule has 4 heteroatoms. The topological polar surface area (TPSA) is 54.4 Å². The van der Waals surface area contributed by atoms with Crippen LogP contribution in [0.2, 0.25) is 0 Å². The molecule has 0 spiro atoms. The lowest BCUT2D eigenvalue weighted by Crippen LogP contribution is -2.14. The van der Waals surface area contributed by atoms with Gasteiger partial charge in [-0.05, 0) is 17.5 Å². The van der Waals surface area contributed by atoms with Gasteiger partial charge in [0.2, 0.25) is 5.78 Å². The molecule has 0 saturated carbocycles. The number of aliphatic carboxylic acids is 1. The Labute approximate surface area is 92.7 Å². The molecule has 0 saturated heterocycles. The first kappa shape index (κ1) is 11.9. The highest BCUT2D eigenvalue weighted by Gasteiger charge is 2.18. The number of hydrogen-bond acceptors (Lipinski definition) is 3. The number of carbonyl (C=O) groups is 2. The molecule has 0 aliphatic carbocycles. The Morgan fingerprint density at radius 2 is 1.93 bits per heavy atom. The van der Waals surface area contributed by atoms with Crippen molar-refractivity contribution < 1.29 is 14.7 Å². The second-order valence-corrected chi connectivity index (χ2v) is 5.59. The largest absolute Gasteiger partial charge is 0.475 e. The van der Waals surface area contributed by atoms with Gasteiger partial charge in [-0.25, -0.2) is 4.79 Å². The average molecular weight is 226 g/mol. The van der Waals surface area contributed by atoms with Crippen LogP contribution in [0.5, 0.6) is 0 Å². The van der Waals surface area contributed by atoms with Crippen LogP contribution in [0.1, 0.15) is 30.5 Å². The van der Waals surface area contributed by atoms with Crippen LogP contribution in [0.4, 0.5) is 0 Å². The van der Waals surface area contributed by atoms with Crippen molar-refractivity contribution in [1.82, 2.24) is 0 Å². The molecule has 0 atom stereocenters. The van der Waals surface area contributed by atoms with Gasteiger partial charge in [-0.3, -0.25) is 4.79 Å². The van der Waals surface area contributed by atoms with E-state index in [-0.39, 0.29) is 11.8 Å². The molecule has 1 aromatic rings. The fraction of sp³-hybridized carbons (Fsp3) is 0.455. The summed E-state index contributed by atoms with van der Waals surface area (Å²) in [6.45, 7) is 6.25. The summed E-state index contributed by atoms with van der Waals surface area (Å²) in [6, 6.07) is 3.78. The highest BCUT2D eigenvalue weighted by atomic mass is 32.1. The zero-order valence-electron chi connectivity index (χ0n) is 9.03. The first-order valence-corrected chi connectivity index (χ1v) is 5.47. The molecule has 0 aliphatic rings. The predicted molar refractivity (Wildman–Crippen MR) is 59.4 cm³/mol. The molecular formula is C11H14O3S. The van der Waals surface area contributed by atoms with Crippen molar-refractivity contribution in [3.63, 3.8) is 0 Å². The maximum Gasteiger partial charge on any atom is 0.372 e. The van der Waals surface area contributed by atoms with Gasteiger partial charge in [0.25, 0.3) is 0 Å². The minimum atomic E-state index is -1.36. The third-order valence-corrected chi connectivity index (χ3v) is 3.49. The molecule has 0 bridgehead atoms. The van der Waals surface area contributed by atoms with Crippen LogP contribution in [0.15, 0.2) is 12.1 Å². The summed E-state index contributed by atoms with van der Waals surface area (Å²) in [6.07, 6.45) is -0.00389. The van der Waals surface area contributed by atoms with Crippen molar-refractivity contribution in [2.45, 2.75) is 32.6 Å². The van der Waals surface area contributed by atoms with E-state index in [4.69, 9.17) is 5.11 Å². The molecule has 0 amide bonds. The molecule has 82 valence electrons. The molecule has 0 aliphatic heterocycles. The molecule has 0 aromatic carbocycles. The fourth-order valence-electron chi connectivity index (χ4n) is 1.11. The second kappa shape index (κ2) is 4.14. The van der Waals surface area contributed by atoms with Gasteiger partial charge >= 0.3 is 5.97 Å². The molecule has 15 heavy (non-hydrogen) atoms. The molecule has 3 nitrogen and oxygen atoms in total. The van der Waals surface area contributed by atoms with E-state index < -0.39 is 11.8 Å². The standard InChI is InChI=1S/C11H14O3S/c1-11(2,3)9-5-4-7(15-9)6-8(12)10(13)14/h4-5H,6H2,1-3H3,(H,13,14). The molecule has 0 unspecified atom stereocenters. The Hall–Kier alpha value is -1.16. The summed E-state index contributed by atoms with van der Waals surface area (Å²) in [5.41, 5.74) is 0.0508. The molecule has 0 radical (unpaired) electrons. The average Bonchev–Trinajstić information content (AvgIpc) is 2.51. The molecule has 1 rings (SSSR count).